The lowest BCUT2D eigenvalue weighted by atomic mass is 10.1. The number of aromatic nitrogens is 3. The van der Waals surface area contributed by atoms with Crippen LogP contribution in [0.4, 0.5) is 5.00 Å². The van der Waals surface area contributed by atoms with E-state index in [1.165, 1.54) is 14.2 Å². The number of nitrogens with one attached hydrogen (secondary N) is 1. The Hall–Kier alpha value is -2.80. The molecule has 10 nitrogen and oxygen atoms in total. The van der Waals surface area contributed by atoms with Crippen LogP contribution >= 0.6 is 46.3 Å². The van der Waals surface area contributed by atoms with Crippen LogP contribution in [0.15, 0.2) is 23.4 Å². The molecule has 36 heavy (non-hydrogen) atoms. The number of halogens is 2. The van der Waals surface area contributed by atoms with Gasteiger partial charge in [-0.15, -0.1) is 21.5 Å². The molecular formula is C22H22Cl2N4O6S2. The highest BCUT2D eigenvalue weighted by Crippen LogP contribution is 2.34. The van der Waals surface area contributed by atoms with Gasteiger partial charge in [0.05, 0.1) is 30.6 Å². The second-order valence-electron chi connectivity index (χ2n) is 7.09. The first-order valence-electron chi connectivity index (χ1n) is 10.4. The molecule has 3 rings (SSSR count). The molecule has 14 heteroatoms. The van der Waals surface area contributed by atoms with Crippen molar-refractivity contribution in [2.75, 3.05) is 25.3 Å². The highest BCUT2D eigenvalue weighted by molar-refractivity contribution is 7.99. The van der Waals surface area contributed by atoms with E-state index in [-0.39, 0.29) is 27.8 Å². The largest absolute Gasteiger partial charge is 0.484 e. The van der Waals surface area contributed by atoms with Crippen molar-refractivity contribution in [3.8, 4) is 5.75 Å². The highest BCUT2D eigenvalue weighted by Gasteiger charge is 2.27. The topological polar surface area (TPSA) is 122 Å². The van der Waals surface area contributed by atoms with Crippen LogP contribution in [-0.4, -0.2) is 52.6 Å². The molecule has 0 aliphatic carbocycles. The summed E-state index contributed by atoms with van der Waals surface area (Å²) in [7, 11) is 2.46. The molecule has 1 aromatic carbocycles. The summed E-state index contributed by atoms with van der Waals surface area (Å²) >= 11 is 14.2. The molecule has 2 aromatic heterocycles. The molecule has 1 amide bonds. The van der Waals surface area contributed by atoms with Gasteiger partial charge in [0.25, 0.3) is 0 Å². The number of methoxy groups -OCH3 is 2. The predicted molar refractivity (Wildman–Crippen MR) is 138 cm³/mol. The Morgan fingerprint density at radius 3 is 2.53 bits per heavy atom. The van der Waals surface area contributed by atoms with E-state index < -0.39 is 17.8 Å². The molecule has 0 saturated carbocycles. The molecule has 192 valence electrons. The normalized spacial score (nSPS) is 10.7. The number of carbonyl (C=O) groups excluding carboxylic acids is 3. The minimum atomic E-state index is -0.669. The van der Waals surface area contributed by atoms with Gasteiger partial charge in [-0.2, -0.15) is 0 Å². The monoisotopic (exact) mass is 572 g/mol. The van der Waals surface area contributed by atoms with Crippen molar-refractivity contribution in [2.45, 2.75) is 32.2 Å². The zero-order valence-corrected chi connectivity index (χ0v) is 22.9. The van der Waals surface area contributed by atoms with E-state index in [9.17, 15) is 14.4 Å². The molecule has 0 aliphatic heterocycles. The number of amides is 1. The van der Waals surface area contributed by atoms with Crippen molar-refractivity contribution in [3.05, 3.63) is 50.1 Å². The number of anilines is 1. The van der Waals surface area contributed by atoms with Gasteiger partial charge < -0.3 is 24.1 Å². The molecule has 2 heterocycles. The highest BCUT2D eigenvalue weighted by atomic mass is 35.5. The summed E-state index contributed by atoms with van der Waals surface area (Å²) in [6, 6.07) is 4.91. The van der Waals surface area contributed by atoms with Crippen LogP contribution in [0.1, 0.15) is 38.3 Å². The van der Waals surface area contributed by atoms with Crippen molar-refractivity contribution in [1.82, 2.24) is 14.8 Å². The zero-order valence-electron chi connectivity index (χ0n) is 19.7. The molecule has 0 spiro atoms. The Balaban J connectivity index is 1.69. The number of thiophene rings is 1. The summed E-state index contributed by atoms with van der Waals surface area (Å²) in [6.07, 6.45) is 0. The number of hydrogen-bond donors (Lipinski definition) is 1. The fourth-order valence-electron chi connectivity index (χ4n) is 3.11. The zero-order chi connectivity index (χ0) is 26.4. The molecule has 3 aromatic rings. The predicted octanol–water partition coefficient (Wildman–Crippen LogP) is 4.86. The van der Waals surface area contributed by atoms with Crippen LogP contribution in [0.3, 0.4) is 0 Å². The van der Waals surface area contributed by atoms with E-state index >= 15 is 0 Å². The van der Waals surface area contributed by atoms with Crippen molar-refractivity contribution in [3.63, 3.8) is 0 Å². The second-order valence-corrected chi connectivity index (χ2v) is 9.89. The first-order chi connectivity index (χ1) is 17.2. The maximum absolute atomic E-state index is 12.7. The number of rotatable bonds is 10. The lowest BCUT2D eigenvalue weighted by molar-refractivity contribution is -0.113. The molecule has 0 radical (unpaired) electrons. The van der Waals surface area contributed by atoms with Crippen LogP contribution in [0, 0.1) is 6.92 Å². The fraction of sp³-hybridized carbons (Fsp3) is 0.318. The summed E-state index contributed by atoms with van der Waals surface area (Å²) < 4.78 is 17.1. The summed E-state index contributed by atoms with van der Waals surface area (Å²) in [5.41, 5.74) is 0.480. The Morgan fingerprint density at radius 1 is 1.14 bits per heavy atom. The summed E-state index contributed by atoms with van der Waals surface area (Å²) in [5.74, 6) is -0.746. The molecule has 0 saturated heterocycles. The number of esters is 2. The molecule has 0 fully saturated rings. The van der Waals surface area contributed by atoms with Crippen molar-refractivity contribution in [1.29, 1.82) is 0 Å². The Bertz CT molecular complexity index is 1290. The Kier molecular flexibility index (Phi) is 9.60. The van der Waals surface area contributed by atoms with Gasteiger partial charge in [0.1, 0.15) is 22.2 Å². The average Bonchev–Trinajstić information content (AvgIpc) is 3.41. The number of hydrogen-bond acceptors (Lipinski definition) is 10. The molecular weight excluding hydrogens is 551 g/mol. The van der Waals surface area contributed by atoms with Crippen LogP contribution < -0.4 is 10.1 Å². The summed E-state index contributed by atoms with van der Waals surface area (Å²) in [4.78, 5) is 37.2. The van der Waals surface area contributed by atoms with E-state index in [0.29, 0.717) is 38.9 Å². The third kappa shape index (κ3) is 6.30. The van der Waals surface area contributed by atoms with Crippen LogP contribution in [0.25, 0.3) is 0 Å². The van der Waals surface area contributed by atoms with Gasteiger partial charge in [0.2, 0.25) is 5.91 Å². The van der Waals surface area contributed by atoms with E-state index in [4.69, 9.17) is 37.4 Å². The third-order valence-corrected chi connectivity index (χ3v) is 7.55. The minimum absolute atomic E-state index is 0.0236. The van der Waals surface area contributed by atoms with E-state index in [0.717, 1.165) is 23.1 Å². The van der Waals surface area contributed by atoms with E-state index in [1.54, 1.807) is 29.7 Å². The Morgan fingerprint density at radius 2 is 1.86 bits per heavy atom. The summed E-state index contributed by atoms with van der Waals surface area (Å²) in [6.45, 7) is 4.14. The van der Waals surface area contributed by atoms with Crippen LogP contribution in [0.5, 0.6) is 5.75 Å². The van der Waals surface area contributed by atoms with Crippen molar-refractivity contribution < 1.29 is 28.6 Å². The number of ether oxygens (including phenoxy) is 3. The van der Waals surface area contributed by atoms with E-state index in [1.807, 2.05) is 6.92 Å². The maximum atomic E-state index is 12.7. The van der Waals surface area contributed by atoms with Gasteiger partial charge in [0, 0.05) is 17.6 Å². The molecule has 0 aliphatic rings. The maximum Gasteiger partial charge on any atom is 0.348 e. The molecule has 1 N–H and O–H groups in total. The van der Waals surface area contributed by atoms with Crippen molar-refractivity contribution >= 4 is 69.1 Å². The molecule has 0 bridgehead atoms. The standard InChI is InChI=1S/C22H22Cl2N4O6S2/c1-5-28-15(9-34-14-8-12(23)6-7-13(14)24)26-27-22(28)35-10-16(29)25-19-17(20(30)32-3)11(2)18(36-19)21(31)33-4/h6-8H,5,9-10H2,1-4H3,(H,25,29). The molecule has 0 atom stereocenters. The lowest BCUT2D eigenvalue weighted by Crippen LogP contribution is -2.16. The van der Waals surface area contributed by atoms with Gasteiger partial charge >= 0.3 is 11.9 Å². The van der Waals surface area contributed by atoms with Crippen molar-refractivity contribution in [2.24, 2.45) is 0 Å². The van der Waals surface area contributed by atoms with E-state index in [2.05, 4.69) is 15.5 Å². The van der Waals surface area contributed by atoms with Gasteiger partial charge in [-0.25, -0.2) is 9.59 Å². The van der Waals surface area contributed by atoms with Gasteiger partial charge in [-0.1, -0.05) is 35.0 Å². The first kappa shape index (κ1) is 27.8. The van der Waals surface area contributed by atoms with Crippen LogP contribution in [-0.2, 0) is 27.4 Å². The fourth-order valence-corrected chi connectivity index (χ4v) is 5.39. The van der Waals surface area contributed by atoms with Gasteiger partial charge in [0.15, 0.2) is 11.0 Å². The SMILES string of the molecule is CCn1c(COc2cc(Cl)ccc2Cl)nnc1SCC(=O)Nc1sc(C(=O)OC)c(C)c1C(=O)OC. The number of carbonyl (C=O) groups is 3. The number of thioether (sulfide) groups is 1. The Labute approximate surface area is 225 Å². The number of benzene rings is 1. The molecule has 0 unspecified atom stereocenters. The van der Waals surface area contributed by atoms with Gasteiger partial charge in [-0.05, 0) is 31.5 Å². The quantitative estimate of drug-likeness (QED) is 0.268. The minimum Gasteiger partial charge on any atom is -0.484 e. The average molecular weight is 573 g/mol. The first-order valence-corrected chi connectivity index (χ1v) is 13.0. The lowest BCUT2D eigenvalue weighted by Gasteiger charge is -2.10. The van der Waals surface area contributed by atoms with Crippen LogP contribution in [0.2, 0.25) is 10.0 Å². The second kappa shape index (κ2) is 12.4. The smallest absolute Gasteiger partial charge is 0.348 e. The number of nitrogens with zero attached hydrogens (tertiary/aromatic N) is 3. The third-order valence-electron chi connectivity index (χ3n) is 4.85. The summed E-state index contributed by atoms with van der Waals surface area (Å²) in [5, 5.41) is 12.6. The van der Waals surface area contributed by atoms with Gasteiger partial charge in [-0.3, -0.25) is 4.79 Å².